The van der Waals surface area contributed by atoms with Gasteiger partial charge in [-0.1, -0.05) is 41.9 Å². The van der Waals surface area contributed by atoms with Crippen LogP contribution < -0.4 is 9.80 Å². The molecular formula is C35H37ClFN3O5. The summed E-state index contributed by atoms with van der Waals surface area (Å²) in [5.41, 5.74) is 4.23. The monoisotopic (exact) mass is 633 g/mol. The summed E-state index contributed by atoms with van der Waals surface area (Å²) < 4.78 is 20.4. The normalized spacial score (nSPS) is 20.3. The Morgan fingerprint density at radius 2 is 1.60 bits per heavy atom. The minimum atomic E-state index is -1.03. The lowest BCUT2D eigenvalue weighted by Gasteiger charge is -2.41. The Morgan fingerprint density at radius 1 is 0.911 bits per heavy atom. The second kappa shape index (κ2) is 13.2. The maximum Gasteiger partial charge on any atom is 0.335 e. The largest absolute Gasteiger partial charge is 0.478 e. The van der Waals surface area contributed by atoms with Crippen molar-refractivity contribution in [2.45, 2.75) is 44.2 Å². The molecule has 1 N–H and O–H groups in total. The third-order valence-electron chi connectivity index (χ3n) is 9.49. The fraction of sp³-hybridized carbons (Fsp3) is 0.400. The van der Waals surface area contributed by atoms with E-state index < -0.39 is 23.7 Å². The number of hydrogen-bond acceptors (Lipinski definition) is 6. The lowest BCUT2D eigenvalue weighted by atomic mass is 9.85. The Kier molecular flexibility index (Phi) is 9.10. The number of rotatable bonds is 8. The Hall–Kier alpha value is -3.95. The standard InChI is InChI=1S/C35H37ClFN3O5/c1-45-25-13-17-38(18-14-25)29-6-2-4-27-26(29)15-19-40(33(27)31(41)20-22-8-10-23(11-9-22)35(43)44)34(42)24-12-16-39(21-24)30-7-3-5-28(36)32(30)37/h2-11,24-25,33H,12-21H2,1H3,(H,43,44). The van der Waals surface area contributed by atoms with Crippen molar-refractivity contribution in [1.29, 1.82) is 0 Å². The van der Waals surface area contributed by atoms with Gasteiger partial charge in [-0.2, -0.15) is 0 Å². The number of methoxy groups -OCH3 is 1. The topological polar surface area (TPSA) is 90.4 Å². The van der Waals surface area contributed by atoms with Crippen molar-refractivity contribution in [3.05, 3.63) is 93.8 Å². The number of carboxylic acids is 1. The zero-order valence-electron chi connectivity index (χ0n) is 25.3. The van der Waals surface area contributed by atoms with E-state index in [9.17, 15) is 23.9 Å². The van der Waals surface area contributed by atoms with E-state index in [0.717, 1.165) is 42.7 Å². The molecule has 3 aromatic carbocycles. The quantitative estimate of drug-likeness (QED) is 0.348. The van der Waals surface area contributed by atoms with Gasteiger partial charge < -0.3 is 24.5 Å². The summed E-state index contributed by atoms with van der Waals surface area (Å²) in [4.78, 5) is 45.7. The summed E-state index contributed by atoms with van der Waals surface area (Å²) in [6, 6.07) is 16.4. The average molecular weight is 634 g/mol. The van der Waals surface area contributed by atoms with Gasteiger partial charge in [0.15, 0.2) is 11.6 Å². The molecule has 3 aromatic rings. The van der Waals surface area contributed by atoms with Gasteiger partial charge in [0.1, 0.15) is 6.04 Å². The van der Waals surface area contributed by atoms with Crippen molar-refractivity contribution in [3.63, 3.8) is 0 Å². The van der Waals surface area contributed by atoms with E-state index in [-0.39, 0.29) is 34.8 Å². The van der Waals surface area contributed by atoms with Crippen molar-refractivity contribution in [2.24, 2.45) is 5.92 Å². The molecule has 2 fully saturated rings. The van der Waals surface area contributed by atoms with Gasteiger partial charge in [-0.3, -0.25) is 9.59 Å². The number of amides is 1. The Bertz CT molecular complexity index is 1590. The second-order valence-corrected chi connectivity index (χ2v) is 12.5. The van der Waals surface area contributed by atoms with Crippen molar-refractivity contribution >= 4 is 40.6 Å². The van der Waals surface area contributed by atoms with Gasteiger partial charge in [-0.15, -0.1) is 0 Å². The molecule has 0 aromatic heterocycles. The van der Waals surface area contributed by atoms with Crippen molar-refractivity contribution in [1.82, 2.24) is 4.90 Å². The van der Waals surface area contributed by atoms with Crippen LogP contribution >= 0.6 is 11.6 Å². The van der Waals surface area contributed by atoms with E-state index >= 15 is 0 Å². The molecule has 2 atom stereocenters. The van der Waals surface area contributed by atoms with Crippen LogP contribution in [0.5, 0.6) is 0 Å². The molecule has 6 rings (SSSR count). The smallest absolute Gasteiger partial charge is 0.335 e. The first-order chi connectivity index (χ1) is 21.7. The molecule has 8 nitrogen and oxygen atoms in total. The molecule has 3 heterocycles. The number of piperidine rings is 1. The van der Waals surface area contributed by atoms with Crippen LogP contribution in [0.25, 0.3) is 0 Å². The predicted octanol–water partition coefficient (Wildman–Crippen LogP) is 5.56. The number of hydrogen-bond donors (Lipinski definition) is 1. The zero-order valence-corrected chi connectivity index (χ0v) is 26.0. The molecule has 0 bridgehead atoms. The van der Waals surface area contributed by atoms with Crippen molar-refractivity contribution in [3.8, 4) is 0 Å². The van der Waals surface area contributed by atoms with E-state index in [1.165, 1.54) is 18.2 Å². The highest BCUT2D eigenvalue weighted by Crippen LogP contribution is 2.39. The first kappa shape index (κ1) is 31.0. The van der Waals surface area contributed by atoms with Crippen LogP contribution in [0.15, 0.2) is 60.7 Å². The lowest BCUT2D eigenvalue weighted by molar-refractivity contribution is -0.143. The highest BCUT2D eigenvalue weighted by atomic mass is 35.5. The van der Waals surface area contributed by atoms with E-state index in [2.05, 4.69) is 11.0 Å². The van der Waals surface area contributed by atoms with E-state index in [0.29, 0.717) is 43.7 Å². The molecule has 2 saturated heterocycles. The summed E-state index contributed by atoms with van der Waals surface area (Å²) >= 11 is 6.04. The SMILES string of the molecule is COC1CCN(c2cccc3c2CCN(C(=O)C2CCN(c4cccc(Cl)c4F)C2)C3C(=O)Cc2ccc(C(=O)O)cc2)CC1. The molecule has 3 aliphatic rings. The minimum Gasteiger partial charge on any atom is -0.478 e. The maximum atomic E-state index is 14.8. The molecule has 0 saturated carbocycles. The Labute approximate surface area is 267 Å². The molecule has 45 heavy (non-hydrogen) atoms. The molecule has 2 unspecified atom stereocenters. The van der Waals surface area contributed by atoms with Gasteiger partial charge in [0.25, 0.3) is 0 Å². The molecule has 0 radical (unpaired) electrons. The number of benzene rings is 3. The third kappa shape index (κ3) is 6.29. The van der Waals surface area contributed by atoms with Crippen molar-refractivity contribution in [2.75, 3.05) is 49.6 Å². The number of halogens is 2. The van der Waals surface area contributed by atoms with E-state index in [1.807, 2.05) is 17.0 Å². The highest BCUT2D eigenvalue weighted by Gasteiger charge is 2.41. The molecular weight excluding hydrogens is 597 g/mol. The highest BCUT2D eigenvalue weighted by molar-refractivity contribution is 6.31. The van der Waals surface area contributed by atoms with Crippen LogP contribution in [0.4, 0.5) is 15.8 Å². The van der Waals surface area contributed by atoms with Crippen LogP contribution in [0.1, 0.15) is 52.4 Å². The third-order valence-corrected chi connectivity index (χ3v) is 9.78. The van der Waals surface area contributed by atoms with E-state index in [1.54, 1.807) is 36.3 Å². The molecule has 3 aliphatic heterocycles. The number of carboxylic acid groups (broad SMARTS) is 1. The summed E-state index contributed by atoms with van der Waals surface area (Å²) in [6.45, 7) is 2.95. The van der Waals surface area contributed by atoms with Gasteiger partial charge in [0.05, 0.1) is 28.3 Å². The maximum absolute atomic E-state index is 14.8. The second-order valence-electron chi connectivity index (χ2n) is 12.1. The lowest BCUT2D eigenvalue weighted by Crippen LogP contribution is -2.47. The Morgan fingerprint density at radius 3 is 2.31 bits per heavy atom. The number of Topliss-reactive ketones (excluding diaryl/α,β-unsaturated/α-hetero) is 1. The number of nitrogens with zero attached hydrogens (tertiary/aromatic N) is 3. The molecule has 1 amide bonds. The summed E-state index contributed by atoms with van der Waals surface area (Å²) in [7, 11) is 1.75. The van der Waals surface area contributed by atoms with Gasteiger partial charge in [-0.05, 0) is 72.7 Å². The van der Waals surface area contributed by atoms with Gasteiger partial charge in [0, 0.05) is 51.9 Å². The van der Waals surface area contributed by atoms with Crippen LogP contribution in [-0.2, 0) is 27.2 Å². The molecule has 0 aliphatic carbocycles. The number of carbonyl (C=O) groups is 3. The zero-order chi connectivity index (χ0) is 31.7. The Balaban J connectivity index is 1.29. The molecule has 10 heteroatoms. The molecule has 0 spiro atoms. The first-order valence-corrected chi connectivity index (χ1v) is 15.9. The number of ketones is 1. The number of aromatic carboxylic acids is 1. The number of fused-ring (bicyclic) bond motifs is 1. The predicted molar refractivity (Wildman–Crippen MR) is 171 cm³/mol. The van der Waals surface area contributed by atoms with Gasteiger partial charge in [0.2, 0.25) is 5.91 Å². The van der Waals surface area contributed by atoms with Gasteiger partial charge in [-0.25, -0.2) is 9.18 Å². The van der Waals surface area contributed by atoms with Crippen LogP contribution in [0, 0.1) is 11.7 Å². The van der Waals surface area contributed by atoms with Crippen molar-refractivity contribution < 1.29 is 28.6 Å². The average Bonchev–Trinajstić information content (AvgIpc) is 3.55. The van der Waals surface area contributed by atoms with Crippen LogP contribution in [-0.4, -0.2) is 73.6 Å². The fourth-order valence-corrected chi connectivity index (χ4v) is 7.25. The number of ether oxygens (including phenoxy) is 1. The van der Waals surface area contributed by atoms with Crippen LogP contribution in [0.2, 0.25) is 5.02 Å². The summed E-state index contributed by atoms with van der Waals surface area (Å²) in [6.07, 6.45) is 3.30. The fourth-order valence-electron chi connectivity index (χ4n) is 7.08. The summed E-state index contributed by atoms with van der Waals surface area (Å²) in [5, 5.41) is 9.34. The van der Waals surface area contributed by atoms with E-state index in [4.69, 9.17) is 16.3 Å². The number of anilines is 2. The van der Waals surface area contributed by atoms with Crippen LogP contribution in [0.3, 0.4) is 0 Å². The molecule has 236 valence electrons. The summed E-state index contributed by atoms with van der Waals surface area (Å²) in [5.74, 6) is -2.17. The number of carbonyl (C=O) groups excluding carboxylic acids is 2. The minimum absolute atomic E-state index is 0.0409. The van der Waals surface area contributed by atoms with Gasteiger partial charge >= 0.3 is 5.97 Å². The first-order valence-electron chi connectivity index (χ1n) is 15.5.